The van der Waals surface area contributed by atoms with Crippen LogP contribution in [0.1, 0.15) is 38.2 Å². The molecule has 0 radical (unpaired) electrons. The van der Waals surface area contributed by atoms with E-state index >= 15 is 0 Å². The zero-order valence-electron chi connectivity index (χ0n) is 12.7. The Morgan fingerprint density at radius 1 is 1.05 bits per heavy atom. The fraction of sp³-hybridized carbons (Fsp3) is 0.222. The second kappa shape index (κ2) is 5.80. The highest BCUT2D eigenvalue weighted by molar-refractivity contribution is 6.07. The van der Waals surface area contributed by atoms with Crippen molar-refractivity contribution >= 4 is 11.6 Å². The molecule has 2 rings (SSSR count). The second-order valence-corrected chi connectivity index (χ2v) is 5.34. The van der Waals surface area contributed by atoms with Gasteiger partial charge in [-0.25, -0.2) is 0 Å². The Morgan fingerprint density at radius 3 is 2.24 bits per heavy atom. The molecule has 2 aromatic rings. The number of nitrogens with one attached hydrogen (secondary N) is 1. The van der Waals surface area contributed by atoms with E-state index in [2.05, 4.69) is 11.4 Å². The van der Waals surface area contributed by atoms with Gasteiger partial charge in [-0.3, -0.25) is 4.79 Å². The van der Waals surface area contributed by atoms with Crippen LogP contribution in [0.25, 0.3) is 0 Å². The highest BCUT2D eigenvalue weighted by Crippen LogP contribution is 2.22. The van der Waals surface area contributed by atoms with Crippen molar-refractivity contribution in [2.75, 3.05) is 5.32 Å². The molecule has 1 N–H and O–H groups in total. The molecule has 21 heavy (non-hydrogen) atoms. The lowest BCUT2D eigenvalue weighted by molar-refractivity contribution is 0.102. The molecule has 0 aliphatic heterocycles. The van der Waals surface area contributed by atoms with Gasteiger partial charge in [-0.1, -0.05) is 29.8 Å². The second-order valence-electron chi connectivity index (χ2n) is 5.34. The maximum atomic E-state index is 12.5. The SMILES string of the molecule is Cc1cc(C)c(C(=O)Nc2cccc(C)c2C#N)c(C)c1. The van der Waals surface area contributed by atoms with Crippen molar-refractivity contribution < 1.29 is 4.79 Å². The monoisotopic (exact) mass is 278 g/mol. The van der Waals surface area contributed by atoms with Crippen LogP contribution in [-0.2, 0) is 0 Å². The van der Waals surface area contributed by atoms with Crippen LogP contribution in [0.4, 0.5) is 5.69 Å². The maximum Gasteiger partial charge on any atom is 0.256 e. The summed E-state index contributed by atoms with van der Waals surface area (Å²) in [6.45, 7) is 7.72. The minimum Gasteiger partial charge on any atom is -0.321 e. The number of aryl methyl sites for hydroxylation is 4. The molecule has 0 saturated heterocycles. The molecule has 0 fully saturated rings. The summed E-state index contributed by atoms with van der Waals surface area (Å²) in [5.74, 6) is -0.174. The van der Waals surface area contributed by atoms with Gasteiger partial charge >= 0.3 is 0 Å². The topological polar surface area (TPSA) is 52.9 Å². The summed E-state index contributed by atoms with van der Waals surface area (Å²) in [5, 5.41) is 12.1. The van der Waals surface area contributed by atoms with Crippen molar-refractivity contribution in [3.8, 4) is 6.07 Å². The summed E-state index contributed by atoms with van der Waals surface area (Å²) < 4.78 is 0. The average molecular weight is 278 g/mol. The number of nitriles is 1. The van der Waals surface area contributed by atoms with Gasteiger partial charge in [0, 0.05) is 5.56 Å². The van der Waals surface area contributed by atoms with Gasteiger partial charge in [0.15, 0.2) is 0 Å². The first-order valence-electron chi connectivity index (χ1n) is 6.83. The molecule has 0 aliphatic rings. The number of nitrogens with zero attached hydrogens (tertiary/aromatic N) is 1. The molecular formula is C18H18N2O. The Hall–Kier alpha value is -2.60. The number of amides is 1. The lowest BCUT2D eigenvalue weighted by Gasteiger charge is -2.13. The van der Waals surface area contributed by atoms with Gasteiger partial charge in [0.1, 0.15) is 6.07 Å². The number of hydrogen-bond acceptors (Lipinski definition) is 2. The van der Waals surface area contributed by atoms with Gasteiger partial charge in [0.05, 0.1) is 11.3 Å². The highest BCUT2D eigenvalue weighted by atomic mass is 16.1. The van der Waals surface area contributed by atoms with E-state index in [0.29, 0.717) is 16.8 Å². The van der Waals surface area contributed by atoms with Crippen LogP contribution < -0.4 is 5.32 Å². The Morgan fingerprint density at radius 2 is 1.67 bits per heavy atom. The van der Waals surface area contributed by atoms with E-state index in [9.17, 15) is 10.1 Å². The van der Waals surface area contributed by atoms with Crippen LogP contribution in [0.5, 0.6) is 0 Å². The first kappa shape index (κ1) is 14.8. The van der Waals surface area contributed by atoms with Crippen LogP contribution in [-0.4, -0.2) is 5.91 Å². The third-order valence-corrected chi connectivity index (χ3v) is 3.54. The number of benzene rings is 2. The van der Waals surface area contributed by atoms with E-state index in [1.54, 1.807) is 6.07 Å². The molecular weight excluding hydrogens is 260 g/mol. The quantitative estimate of drug-likeness (QED) is 0.901. The fourth-order valence-electron chi connectivity index (χ4n) is 2.64. The van der Waals surface area contributed by atoms with Gasteiger partial charge in [-0.2, -0.15) is 5.26 Å². The van der Waals surface area contributed by atoms with Crippen LogP contribution in [0, 0.1) is 39.0 Å². The predicted molar refractivity (Wildman–Crippen MR) is 84.5 cm³/mol. The van der Waals surface area contributed by atoms with Gasteiger partial charge in [0.2, 0.25) is 0 Å². The van der Waals surface area contributed by atoms with Crippen molar-refractivity contribution in [1.82, 2.24) is 0 Å². The van der Waals surface area contributed by atoms with Gasteiger partial charge < -0.3 is 5.32 Å². The van der Waals surface area contributed by atoms with E-state index < -0.39 is 0 Å². The summed E-state index contributed by atoms with van der Waals surface area (Å²) in [6, 6.07) is 11.6. The standard InChI is InChI=1S/C18H18N2O/c1-11-8-13(3)17(14(4)9-11)18(21)20-16-7-5-6-12(2)15(16)10-19/h5-9H,1-4H3,(H,20,21). The molecule has 106 valence electrons. The van der Waals surface area contributed by atoms with Gasteiger partial charge in [-0.05, 0) is 50.5 Å². The van der Waals surface area contributed by atoms with Crippen molar-refractivity contribution in [1.29, 1.82) is 5.26 Å². The average Bonchev–Trinajstić information content (AvgIpc) is 2.37. The number of anilines is 1. The first-order chi connectivity index (χ1) is 9.93. The fourth-order valence-corrected chi connectivity index (χ4v) is 2.64. The van der Waals surface area contributed by atoms with Crippen molar-refractivity contribution in [3.63, 3.8) is 0 Å². The third-order valence-electron chi connectivity index (χ3n) is 3.54. The molecule has 0 heterocycles. The largest absolute Gasteiger partial charge is 0.321 e. The van der Waals surface area contributed by atoms with Gasteiger partial charge in [-0.15, -0.1) is 0 Å². The van der Waals surface area contributed by atoms with Gasteiger partial charge in [0.25, 0.3) is 5.91 Å². The highest BCUT2D eigenvalue weighted by Gasteiger charge is 2.15. The van der Waals surface area contributed by atoms with Crippen LogP contribution >= 0.6 is 0 Å². The summed E-state index contributed by atoms with van der Waals surface area (Å²) in [6.07, 6.45) is 0. The molecule has 1 amide bonds. The first-order valence-corrected chi connectivity index (χ1v) is 6.83. The molecule has 2 aromatic carbocycles. The summed E-state index contributed by atoms with van der Waals surface area (Å²) in [7, 11) is 0. The molecule has 0 unspecified atom stereocenters. The van der Waals surface area contributed by atoms with E-state index in [-0.39, 0.29) is 5.91 Å². The number of rotatable bonds is 2. The smallest absolute Gasteiger partial charge is 0.256 e. The molecule has 0 aromatic heterocycles. The molecule has 3 heteroatoms. The van der Waals surface area contributed by atoms with E-state index in [4.69, 9.17) is 0 Å². The van der Waals surface area contributed by atoms with E-state index in [1.165, 1.54) is 0 Å². The van der Waals surface area contributed by atoms with E-state index in [0.717, 1.165) is 22.3 Å². The summed E-state index contributed by atoms with van der Waals surface area (Å²) in [4.78, 5) is 12.5. The lowest BCUT2D eigenvalue weighted by Crippen LogP contribution is -2.16. The number of hydrogen-bond donors (Lipinski definition) is 1. The number of carbonyl (C=O) groups is 1. The van der Waals surface area contributed by atoms with Crippen LogP contribution in [0.2, 0.25) is 0 Å². The van der Waals surface area contributed by atoms with E-state index in [1.807, 2.05) is 52.0 Å². The van der Waals surface area contributed by atoms with Crippen LogP contribution in [0.15, 0.2) is 30.3 Å². The Balaban J connectivity index is 2.41. The Kier molecular flexibility index (Phi) is 4.09. The Bertz CT molecular complexity index is 731. The molecule has 0 bridgehead atoms. The zero-order chi connectivity index (χ0) is 15.6. The molecule has 0 spiro atoms. The summed E-state index contributed by atoms with van der Waals surface area (Å²) in [5.41, 5.74) is 5.61. The Labute approximate surface area is 125 Å². The molecule has 3 nitrogen and oxygen atoms in total. The minimum absolute atomic E-state index is 0.174. The number of carbonyl (C=O) groups excluding carboxylic acids is 1. The van der Waals surface area contributed by atoms with Crippen LogP contribution in [0.3, 0.4) is 0 Å². The van der Waals surface area contributed by atoms with Crippen molar-refractivity contribution in [3.05, 3.63) is 63.7 Å². The molecule has 0 atom stereocenters. The third kappa shape index (κ3) is 2.95. The normalized spacial score (nSPS) is 10.0. The maximum absolute atomic E-state index is 12.5. The zero-order valence-corrected chi connectivity index (χ0v) is 12.7. The lowest BCUT2D eigenvalue weighted by atomic mass is 9.99. The summed E-state index contributed by atoms with van der Waals surface area (Å²) >= 11 is 0. The predicted octanol–water partition coefficient (Wildman–Crippen LogP) is 4.04. The molecule has 0 aliphatic carbocycles. The molecule has 0 saturated carbocycles. The minimum atomic E-state index is -0.174. The van der Waals surface area contributed by atoms with Crippen molar-refractivity contribution in [2.45, 2.75) is 27.7 Å². The van der Waals surface area contributed by atoms with Crippen molar-refractivity contribution in [2.24, 2.45) is 0 Å².